The van der Waals surface area contributed by atoms with Crippen LogP contribution in [0.15, 0.2) is 29.0 Å². The second-order valence-electron chi connectivity index (χ2n) is 3.60. The van der Waals surface area contributed by atoms with Gasteiger partial charge in [0.15, 0.2) is 0 Å². The van der Waals surface area contributed by atoms with Gasteiger partial charge in [-0.25, -0.2) is 0 Å². The van der Waals surface area contributed by atoms with E-state index in [1.54, 1.807) is 18.5 Å². The zero-order valence-electron chi connectivity index (χ0n) is 8.80. The molecule has 2 heterocycles. The van der Waals surface area contributed by atoms with E-state index in [-0.39, 0.29) is 6.42 Å². The van der Waals surface area contributed by atoms with Crippen molar-refractivity contribution in [2.75, 3.05) is 0 Å². The van der Waals surface area contributed by atoms with E-state index in [1.807, 2.05) is 6.07 Å². The van der Waals surface area contributed by atoms with Crippen LogP contribution in [0, 0.1) is 0 Å². The zero-order valence-corrected chi connectivity index (χ0v) is 10.4. The fraction of sp³-hybridized carbons (Fsp3) is 0.182. The predicted octanol–water partition coefficient (Wildman–Crippen LogP) is 1.35. The Morgan fingerprint density at radius 1 is 1.53 bits per heavy atom. The van der Waals surface area contributed by atoms with Crippen LogP contribution in [-0.2, 0) is 11.2 Å². The molecule has 0 bridgehead atoms. The van der Waals surface area contributed by atoms with Gasteiger partial charge in [0.25, 0.3) is 0 Å². The average molecular weight is 296 g/mol. The topological polar surface area (TPSA) is 89.1 Å². The van der Waals surface area contributed by atoms with Gasteiger partial charge in [0.05, 0.1) is 15.7 Å². The zero-order chi connectivity index (χ0) is 12.4. The highest BCUT2D eigenvalue weighted by Crippen LogP contribution is 2.23. The predicted molar refractivity (Wildman–Crippen MR) is 66.6 cm³/mol. The number of hydrogen-bond donors (Lipinski definition) is 2. The average Bonchev–Trinajstić information content (AvgIpc) is 2.33. The van der Waals surface area contributed by atoms with E-state index in [9.17, 15) is 4.79 Å². The first-order valence-electron chi connectivity index (χ1n) is 4.96. The number of rotatable bonds is 3. The highest BCUT2D eigenvalue weighted by molar-refractivity contribution is 9.10. The lowest BCUT2D eigenvalue weighted by atomic mass is 10.1. The molecule has 17 heavy (non-hydrogen) atoms. The number of hydrogen-bond acceptors (Lipinski definition) is 4. The number of carboxylic acid groups (broad SMARTS) is 1. The number of halogens is 1. The first-order valence-corrected chi connectivity index (χ1v) is 5.75. The standard InChI is InChI=1S/C11H10BrN3O2/c12-7-5-15-9(4-8(13)11(16)17)6-2-1-3-14-10(6)7/h1-3,5,8H,4,13H2,(H,16,17). The Labute approximate surface area is 106 Å². The van der Waals surface area contributed by atoms with Gasteiger partial charge in [0.1, 0.15) is 6.04 Å². The van der Waals surface area contributed by atoms with Gasteiger partial charge in [-0.1, -0.05) is 0 Å². The molecule has 6 heteroatoms. The lowest BCUT2D eigenvalue weighted by Gasteiger charge is -2.09. The lowest BCUT2D eigenvalue weighted by molar-refractivity contribution is -0.138. The molecular weight excluding hydrogens is 286 g/mol. The fourth-order valence-electron chi connectivity index (χ4n) is 1.55. The van der Waals surface area contributed by atoms with Crippen molar-refractivity contribution in [3.63, 3.8) is 0 Å². The third-order valence-electron chi connectivity index (χ3n) is 2.41. The molecular formula is C11H10BrN3O2. The molecule has 0 aliphatic heterocycles. The number of nitrogens with two attached hydrogens (primary N) is 1. The van der Waals surface area contributed by atoms with E-state index in [4.69, 9.17) is 10.8 Å². The fourth-order valence-corrected chi connectivity index (χ4v) is 1.97. The summed E-state index contributed by atoms with van der Waals surface area (Å²) in [6.07, 6.45) is 3.47. The van der Waals surface area contributed by atoms with Crippen LogP contribution >= 0.6 is 15.9 Å². The number of aromatic nitrogens is 2. The Hall–Kier alpha value is -1.53. The summed E-state index contributed by atoms with van der Waals surface area (Å²) in [6.45, 7) is 0. The SMILES string of the molecule is NC(Cc1ncc(Br)c2ncccc12)C(=O)O. The monoisotopic (exact) mass is 295 g/mol. The Bertz CT molecular complexity index is 574. The molecule has 0 aromatic carbocycles. The third kappa shape index (κ3) is 2.42. The minimum atomic E-state index is -1.04. The van der Waals surface area contributed by atoms with Crippen molar-refractivity contribution in [2.24, 2.45) is 5.73 Å². The highest BCUT2D eigenvalue weighted by atomic mass is 79.9. The van der Waals surface area contributed by atoms with E-state index in [0.29, 0.717) is 5.69 Å². The van der Waals surface area contributed by atoms with Gasteiger partial charge in [0, 0.05) is 24.2 Å². The van der Waals surface area contributed by atoms with Crippen molar-refractivity contribution >= 4 is 32.8 Å². The molecule has 3 N–H and O–H groups in total. The number of aliphatic carboxylic acids is 1. The van der Waals surface area contributed by atoms with Gasteiger partial charge in [-0.3, -0.25) is 14.8 Å². The summed E-state index contributed by atoms with van der Waals surface area (Å²) in [4.78, 5) is 19.1. The molecule has 2 aromatic heterocycles. The summed E-state index contributed by atoms with van der Waals surface area (Å²) in [5, 5.41) is 9.61. The van der Waals surface area contributed by atoms with Crippen LogP contribution < -0.4 is 5.73 Å². The largest absolute Gasteiger partial charge is 0.480 e. The van der Waals surface area contributed by atoms with Crippen molar-refractivity contribution in [3.8, 4) is 0 Å². The van der Waals surface area contributed by atoms with E-state index >= 15 is 0 Å². The molecule has 0 saturated heterocycles. The first kappa shape index (κ1) is 11.9. The van der Waals surface area contributed by atoms with Crippen molar-refractivity contribution < 1.29 is 9.90 Å². The molecule has 0 aliphatic carbocycles. The third-order valence-corrected chi connectivity index (χ3v) is 2.99. The lowest BCUT2D eigenvalue weighted by Crippen LogP contribution is -2.32. The number of pyridine rings is 2. The van der Waals surface area contributed by atoms with Crippen LogP contribution in [0.4, 0.5) is 0 Å². The second-order valence-corrected chi connectivity index (χ2v) is 4.46. The second kappa shape index (κ2) is 4.77. The summed E-state index contributed by atoms with van der Waals surface area (Å²) < 4.78 is 0.778. The van der Waals surface area contributed by atoms with E-state index in [1.165, 1.54) is 0 Å². The molecule has 2 rings (SSSR count). The van der Waals surface area contributed by atoms with Gasteiger partial charge >= 0.3 is 5.97 Å². The van der Waals surface area contributed by atoms with Crippen LogP contribution in [0.2, 0.25) is 0 Å². The number of carbonyl (C=O) groups is 1. The normalized spacial score (nSPS) is 12.6. The Kier molecular flexibility index (Phi) is 3.35. The highest BCUT2D eigenvalue weighted by Gasteiger charge is 2.15. The summed E-state index contributed by atoms with van der Waals surface area (Å²) in [7, 11) is 0. The maximum absolute atomic E-state index is 10.7. The molecule has 0 saturated carbocycles. The van der Waals surface area contributed by atoms with Crippen LogP contribution in [0.5, 0.6) is 0 Å². The van der Waals surface area contributed by atoms with Crippen molar-refractivity contribution in [1.29, 1.82) is 0 Å². The smallest absolute Gasteiger partial charge is 0.320 e. The minimum Gasteiger partial charge on any atom is -0.480 e. The Morgan fingerprint density at radius 3 is 3.00 bits per heavy atom. The van der Waals surface area contributed by atoms with Crippen LogP contribution in [0.25, 0.3) is 10.9 Å². The molecule has 0 spiro atoms. The molecule has 0 aliphatic rings. The Morgan fingerprint density at radius 2 is 2.29 bits per heavy atom. The van der Waals surface area contributed by atoms with Crippen LogP contribution in [-0.4, -0.2) is 27.1 Å². The Balaban J connectivity index is 2.48. The summed E-state index contributed by atoms with van der Waals surface area (Å²) in [5.41, 5.74) is 6.91. The number of carboxylic acids is 1. The quantitative estimate of drug-likeness (QED) is 0.892. The molecule has 1 unspecified atom stereocenters. The van der Waals surface area contributed by atoms with Gasteiger partial charge in [-0.05, 0) is 28.1 Å². The van der Waals surface area contributed by atoms with Gasteiger partial charge in [0.2, 0.25) is 0 Å². The van der Waals surface area contributed by atoms with Crippen LogP contribution in [0.1, 0.15) is 5.69 Å². The molecule has 0 radical (unpaired) electrons. The van der Waals surface area contributed by atoms with Crippen molar-refractivity contribution in [3.05, 3.63) is 34.7 Å². The first-order chi connectivity index (χ1) is 8.09. The molecule has 0 fully saturated rings. The molecule has 88 valence electrons. The van der Waals surface area contributed by atoms with Gasteiger partial charge in [-0.15, -0.1) is 0 Å². The van der Waals surface area contributed by atoms with Crippen LogP contribution in [0.3, 0.4) is 0 Å². The molecule has 5 nitrogen and oxygen atoms in total. The maximum Gasteiger partial charge on any atom is 0.320 e. The van der Waals surface area contributed by atoms with Crippen molar-refractivity contribution in [1.82, 2.24) is 9.97 Å². The number of fused-ring (bicyclic) bond motifs is 1. The van der Waals surface area contributed by atoms with E-state index in [2.05, 4.69) is 25.9 Å². The minimum absolute atomic E-state index is 0.185. The molecule has 1 atom stereocenters. The van der Waals surface area contributed by atoms with E-state index in [0.717, 1.165) is 15.4 Å². The summed E-state index contributed by atoms with van der Waals surface area (Å²) in [6, 6.07) is 2.68. The van der Waals surface area contributed by atoms with Gasteiger partial charge < -0.3 is 10.8 Å². The van der Waals surface area contributed by atoms with Crippen molar-refractivity contribution in [2.45, 2.75) is 12.5 Å². The summed E-state index contributed by atoms with van der Waals surface area (Å²) in [5.74, 6) is -1.04. The van der Waals surface area contributed by atoms with Gasteiger partial charge in [-0.2, -0.15) is 0 Å². The maximum atomic E-state index is 10.7. The van der Waals surface area contributed by atoms with E-state index < -0.39 is 12.0 Å². The summed E-state index contributed by atoms with van der Waals surface area (Å²) >= 11 is 3.35. The number of nitrogens with zero attached hydrogens (tertiary/aromatic N) is 2. The molecule has 2 aromatic rings. The molecule has 0 amide bonds.